The van der Waals surface area contributed by atoms with E-state index < -0.39 is 17.7 Å². The topological polar surface area (TPSA) is 87.0 Å². The van der Waals surface area contributed by atoms with Crippen molar-refractivity contribution in [3.05, 3.63) is 47.5 Å². The molecule has 0 aliphatic rings. The average Bonchev–Trinajstić information content (AvgIpc) is 2.71. The van der Waals surface area contributed by atoms with Gasteiger partial charge in [0, 0.05) is 12.7 Å². The van der Waals surface area contributed by atoms with Gasteiger partial charge in [0.15, 0.2) is 5.69 Å². The van der Waals surface area contributed by atoms with Crippen LogP contribution in [0.15, 0.2) is 30.3 Å². The molecule has 1 aromatic heterocycles. The number of nitrogens with one attached hydrogen (secondary N) is 1. The number of halogens is 1. The van der Waals surface area contributed by atoms with Gasteiger partial charge in [0.05, 0.1) is 11.7 Å². The first-order valence-electron chi connectivity index (χ1n) is 5.29. The molecular formula is C12H9FN3O3-. The molecule has 0 aliphatic carbocycles. The largest absolute Gasteiger partial charge is 0.543 e. The fraction of sp³-hybridized carbons (Fsp3) is 0.0833. The quantitative estimate of drug-likeness (QED) is 0.854. The van der Waals surface area contributed by atoms with Crippen LogP contribution in [0.5, 0.6) is 0 Å². The van der Waals surface area contributed by atoms with E-state index >= 15 is 0 Å². The van der Waals surface area contributed by atoms with Gasteiger partial charge < -0.3 is 15.2 Å². The Hall–Kier alpha value is -2.70. The normalized spacial score (nSPS) is 10.2. The first-order chi connectivity index (χ1) is 8.97. The highest BCUT2D eigenvalue weighted by Crippen LogP contribution is 2.11. The monoisotopic (exact) mass is 262 g/mol. The van der Waals surface area contributed by atoms with Crippen LogP contribution in [0.4, 0.5) is 10.1 Å². The number of nitrogens with zero attached hydrogens (tertiary/aromatic N) is 2. The zero-order valence-electron chi connectivity index (χ0n) is 9.88. The van der Waals surface area contributed by atoms with E-state index in [1.165, 1.54) is 25.2 Å². The minimum absolute atomic E-state index is 0.0917. The Labute approximate surface area is 107 Å². The summed E-state index contributed by atoms with van der Waals surface area (Å²) in [4.78, 5) is 22.5. The number of hydrogen-bond acceptors (Lipinski definition) is 4. The molecule has 0 radical (unpaired) electrons. The number of benzene rings is 1. The number of carbonyl (C=O) groups is 2. The zero-order chi connectivity index (χ0) is 14.0. The minimum atomic E-state index is -1.43. The van der Waals surface area contributed by atoms with Gasteiger partial charge >= 0.3 is 0 Å². The van der Waals surface area contributed by atoms with Crippen LogP contribution in [0.3, 0.4) is 0 Å². The molecule has 0 spiro atoms. The van der Waals surface area contributed by atoms with Crippen molar-refractivity contribution in [3.8, 4) is 0 Å². The molecule has 0 saturated carbocycles. The molecule has 0 atom stereocenters. The van der Waals surface area contributed by atoms with Crippen molar-refractivity contribution in [2.24, 2.45) is 7.05 Å². The molecule has 1 N–H and O–H groups in total. The third kappa shape index (κ3) is 2.76. The Kier molecular flexibility index (Phi) is 3.28. The summed E-state index contributed by atoms with van der Waals surface area (Å²) in [5.41, 5.74) is -0.0546. The van der Waals surface area contributed by atoms with Crippen molar-refractivity contribution in [2.45, 2.75) is 0 Å². The lowest BCUT2D eigenvalue weighted by molar-refractivity contribution is -0.255. The van der Waals surface area contributed by atoms with E-state index in [-0.39, 0.29) is 17.1 Å². The van der Waals surface area contributed by atoms with Crippen molar-refractivity contribution < 1.29 is 19.1 Å². The third-order valence-electron chi connectivity index (χ3n) is 2.40. The average molecular weight is 262 g/mol. The van der Waals surface area contributed by atoms with E-state index in [4.69, 9.17) is 0 Å². The molecule has 0 fully saturated rings. The maximum Gasteiger partial charge on any atom is 0.276 e. The number of amides is 1. The summed E-state index contributed by atoms with van der Waals surface area (Å²) in [6.07, 6.45) is 0. The Morgan fingerprint density at radius 3 is 2.68 bits per heavy atom. The van der Waals surface area contributed by atoms with Crippen LogP contribution >= 0.6 is 0 Å². The second kappa shape index (κ2) is 4.89. The van der Waals surface area contributed by atoms with Gasteiger partial charge in [-0.2, -0.15) is 5.10 Å². The Morgan fingerprint density at radius 1 is 1.37 bits per heavy atom. The molecule has 1 aromatic carbocycles. The number of aryl methyl sites for hydroxylation is 1. The first kappa shape index (κ1) is 12.7. The SMILES string of the molecule is Cn1nc(C(=O)Nc2cccc(F)c2)cc1C(=O)[O-]. The minimum Gasteiger partial charge on any atom is -0.543 e. The smallest absolute Gasteiger partial charge is 0.276 e. The summed E-state index contributed by atoms with van der Waals surface area (Å²) in [6.45, 7) is 0. The zero-order valence-corrected chi connectivity index (χ0v) is 9.88. The number of aromatic nitrogens is 2. The van der Waals surface area contributed by atoms with E-state index in [1.807, 2.05) is 0 Å². The summed E-state index contributed by atoms with van der Waals surface area (Å²) in [7, 11) is 1.38. The van der Waals surface area contributed by atoms with Gasteiger partial charge in [0.25, 0.3) is 5.91 Å². The van der Waals surface area contributed by atoms with Gasteiger partial charge in [-0.05, 0) is 24.3 Å². The fourth-order valence-electron chi connectivity index (χ4n) is 1.53. The predicted octanol–water partition coefficient (Wildman–Crippen LogP) is 0.175. The van der Waals surface area contributed by atoms with Gasteiger partial charge in [0.2, 0.25) is 0 Å². The molecule has 2 aromatic rings. The Balaban J connectivity index is 2.21. The number of carboxylic acids is 1. The Bertz CT molecular complexity index is 651. The number of rotatable bonds is 3. The van der Waals surface area contributed by atoms with Crippen LogP contribution in [-0.4, -0.2) is 21.7 Å². The van der Waals surface area contributed by atoms with Crippen LogP contribution in [0, 0.1) is 5.82 Å². The summed E-state index contributed by atoms with van der Waals surface area (Å²) in [6, 6.07) is 6.41. The molecule has 0 aliphatic heterocycles. The second-order valence-electron chi connectivity index (χ2n) is 3.79. The van der Waals surface area contributed by atoms with E-state index in [9.17, 15) is 19.1 Å². The summed E-state index contributed by atoms with van der Waals surface area (Å²) in [5, 5.41) is 16.9. The molecule has 6 nitrogen and oxygen atoms in total. The highest BCUT2D eigenvalue weighted by molar-refractivity contribution is 6.03. The third-order valence-corrected chi connectivity index (χ3v) is 2.40. The van der Waals surface area contributed by atoms with Crippen LogP contribution in [0.2, 0.25) is 0 Å². The molecule has 0 saturated heterocycles. The number of carboxylic acid groups (broad SMARTS) is 1. The molecule has 0 bridgehead atoms. The summed E-state index contributed by atoms with van der Waals surface area (Å²) in [5.74, 6) is -2.55. The van der Waals surface area contributed by atoms with E-state index in [0.717, 1.165) is 16.8 Å². The number of anilines is 1. The molecule has 1 amide bonds. The number of carbonyl (C=O) groups excluding carboxylic acids is 2. The van der Waals surface area contributed by atoms with E-state index in [0.29, 0.717) is 0 Å². The van der Waals surface area contributed by atoms with Crippen molar-refractivity contribution >= 4 is 17.6 Å². The van der Waals surface area contributed by atoms with Crippen molar-refractivity contribution in [1.29, 1.82) is 0 Å². The lowest BCUT2D eigenvalue weighted by Gasteiger charge is -2.02. The van der Waals surface area contributed by atoms with Gasteiger partial charge in [0.1, 0.15) is 5.82 Å². The van der Waals surface area contributed by atoms with Crippen LogP contribution in [0.1, 0.15) is 21.0 Å². The van der Waals surface area contributed by atoms with Gasteiger partial charge in [-0.15, -0.1) is 0 Å². The van der Waals surface area contributed by atoms with Crippen molar-refractivity contribution in [3.63, 3.8) is 0 Å². The molecule has 19 heavy (non-hydrogen) atoms. The summed E-state index contributed by atoms with van der Waals surface area (Å²) >= 11 is 0. The lowest BCUT2D eigenvalue weighted by atomic mass is 10.3. The van der Waals surface area contributed by atoms with Crippen molar-refractivity contribution in [2.75, 3.05) is 5.32 Å². The maximum absolute atomic E-state index is 12.9. The standard InChI is InChI=1S/C12H10FN3O3/c1-16-10(12(18)19)6-9(15-16)11(17)14-8-4-2-3-7(13)5-8/h2-6H,1H3,(H,14,17)(H,18,19)/p-1. The van der Waals surface area contributed by atoms with E-state index in [1.54, 1.807) is 0 Å². The molecule has 98 valence electrons. The fourth-order valence-corrected chi connectivity index (χ4v) is 1.53. The molecule has 0 unspecified atom stereocenters. The molecule has 2 rings (SSSR count). The Morgan fingerprint density at radius 2 is 2.11 bits per heavy atom. The van der Waals surface area contributed by atoms with E-state index in [2.05, 4.69) is 10.4 Å². The van der Waals surface area contributed by atoms with Crippen LogP contribution in [-0.2, 0) is 7.05 Å². The highest BCUT2D eigenvalue weighted by atomic mass is 19.1. The van der Waals surface area contributed by atoms with Crippen LogP contribution in [0.25, 0.3) is 0 Å². The van der Waals surface area contributed by atoms with Crippen LogP contribution < -0.4 is 10.4 Å². The molecule has 1 heterocycles. The van der Waals surface area contributed by atoms with Gasteiger partial charge in [-0.25, -0.2) is 4.39 Å². The number of hydrogen-bond donors (Lipinski definition) is 1. The predicted molar refractivity (Wildman–Crippen MR) is 61.9 cm³/mol. The highest BCUT2D eigenvalue weighted by Gasteiger charge is 2.13. The lowest BCUT2D eigenvalue weighted by Crippen LogP contribution is -2.24. The number of aromatic carboxylic acids is 1. The molecular weight excluding hydrogens is 253 g/mol. The van der Waals surface area contributed by atoms with Gasteiger partial charge in [-0.3, -0.25) is 9.48 Å². The molecule has 7 heteroatoms. The summed E-state index contributed by atoms with van der Waals surface area (Å²) < 4.78 is 14.0. The first-order valence-corrected chi connectivity index (χ1v) is 5.29. The van der Waals surface area contributed by atoms with Gasteiger partial charge in [-0.1, -0.05) is 6.07 Å². The van der Waals surface area contributed by atoms with Crippen molar-refractivity contribution in [1.82, 2.24) is 9.78 Å². The maximum atomic E-state index is 12.9. The second-order valence-corrected chi connectivity index (χ2v) is 3.79.